The molecule has 0 bridgehead atoms. The maximum Gasteiger partial charge on any atom is 0.190 e. The summed E-state index contributed by atoms with van der Waals surface area (Å²) in [6, 6.07) is 8.82. The first-order valence-electron chi connectivity index (χ1n) is 8.52. The van der Waals surface area contributed by atoms with Crippen LogP contribution in [0.5, 0.6) is 5.75 Å². The predicted octanol–water partition coefficient (Wildman–Crippen LogP) is 2.94. The Hall–Kier alpha value is -1.59. The first kappa shape index (κ1) is 17.2. The topological polar surface area (TPSA) is 27.7 Å². The molecule has 1 fully saturated rings. The number of hydrogen-bond donors (Lipinski definition) is 1. The molecule has 2 aliphatic heterocycles. The maximum atomic E-state index is 6.03. The van der Waals surface area contributed by atoms with Gasteiger partial charge in [-0.3, -0.25) is 4.90 Å². The Morgan fingerprint density at radius 2 is 1.88 bits per heavy atom. The number of ether oxygens (including phenoxy) is 1. The summed E-state index contributed by atoms with van der Waals surface area (Å²) in [6.45, 7) is 8.75. The fourth-order valence-electron chi connectivity index (χ4n) is 2.95. The van der Waals surface area contributed by atoms with Gasteiger partial charge >= 0.3 is 0 Å². The zero-order valence-electron chi connectivity index (χ0n) is 14.7. The van der Waals surface area contributed by atoms with Gasteiger partial charge < -0.3 is 15.0 Å². The normalized spacial score (nSPS) is 21.6. The maximum absolute atomic E-state index is 6.03. The third kappa shape index (κ3) is 4.28. The summed E-state index contributed by atoms with van der Waals surface area (Å²) < 4.78 is 6.03. The van der Waals surface area contributed by atoms with E-state index in [1.54, 1.807) is 11.8 Å². The highest BCUT2D eigenvalue weighted by atomic mass is 32.2. The van der Waals surface area contributed by atoms with Crippen LogP contribution in [0.15, 0.2) is 47.1 Å². The molecule has 129 valence electrons. The van der Waals surface area contributed by atoms with Gasteiger partial charge in [0.2, 0.25) is 0 Å². The molecule has 0 amide bonds. The summed E-state index contributed by atoms with van der Waals surface area (Å²) in [7, 11) is 0. The van der Waals surface area contributed by atoms with Crippen LogP contribution in [0.1, 0.15) is 13.8 Å². The van der Waals surface area contributed by atoms with Crippen LogP contribution in [-0.4, -0.2) is 54.5 Å². The number of dihydropyridines is 1. The number of benzene rings is 1. The molecule has 1 unspecified atom stereocenters. The van der Waals surface area contributed by atoms with Gasteiger partial charge in [-0.2, -0.15) is 0 Å². The lowest BCUT2D eigenvalue weighted by atomic mass is 10.2. The fourth-order valence-corrected chi connectivity index (χ4v) is 3.36. The molecular formula is C19H26N3OS. The van der Waals surface area contributed by atoms with E-state index in [2.05, 4.69) is 53.4 Å². The van der Waals surface area contributed by atoms with Crippen LogP contribution in [0.4, 0.5) is 0 Å². The van der Waals surface area contributed by atoms with Crippen LogP contribution in [-0.2, 0) is 0 Å². The van der Waals surface area contributed by atoms with Gasteiger partial charge in [0.25, 0.3) is 0 Å². The molecule has 1 N–H and O–H groups in total. The summed E-state index contributed by atoms with van der Waals surface area (Å²) >= 11 is 1.73. The lowest BCUT2D eigenvalue weighted by molar-refractivity contribution is 0.114. The molecule has 1 radical (unpaired) electrons. The quantitative estimate of drug-likeness (QED) is 0.829. The van der Waals surface area contributed by atoms with E-state index in [1.807, 2.05) is 24.3 Å². The molecule has 4 nitrogen and oxygen atoms in total. The van der Waals surface area contributed by atoms with Crippen molar-refractivity contribution in [2.24, 2.45) is 0 Å². The zero-order chi connectivity index (χ0) is 16.9. The van der Waals surface area contributed by atoms with Gasteiger partial charge in [-0.25, -0.2) is 0 Å². The summed E-state index contributed by atoms with van der Waals surface area (Å²) in [6.07, 6.45) is 9.20. The largest absolute Gasteiger partial charge is 0.467 e. The molecular weight excluding hydrogens is 318 g/mol. The number of nitrogens with zero attached hydrogens (tertiary/aromatic N) is 2. The molecule has 1 saturated heterocycles. The van der Waals surface area contributed by atoms with Crippen LogP contribution in [0, 0.1) is 6.08 Å². The van der Waals surface area contributed by atoms with Crippen LogP contribution >= 0.6 is 11.8 Å². The smallest absolute Gasteiger partial charge is 0.190 e. The van der Waals surface area contributed by atoms with E-state index >= 15 is 0 Å². The van der Waals surface area contributed by atoms with Gasteiger partial charge in [0.15, 0.2) is 6.23 Å². The molecule has 5 heteroatoms. The van der Waals surface area contributed by atoms with Crippen molar-refractivity contribution in [3.05, 3.63) is 48.3 Å². The van der Waals surface area contributed by atoms with Crippen molar-refractivity contribution in [2.75, 3.05) is 32.4 Å². The van der Waals surface area contributed by atoms with E-state index in [4.69, 9.17) is 4.74 Å². The van der Waals surface area contributed by atoms with E-state index in [-0.39, 0.29) is 6.23 Å². The van der Waals surface area contributed by atoms with E-state index < -0.39 is 0 Å². The van der Waals surface area contributed by atoms with E-state index in [9.17, 15) is 0 Å². The molecule has 1 aromatic carbocycles. The summed E-state index contributed by atoms with van der Waals surface area (Å²) in [4.78, 5) is 6.11. The predicted molar refractivity (Wildman–Crippen MR) is 100.0 cm³/mol. The molecule has 1 atom stereocenters. The molecule has 0 saturated carbocycles. The van der Waals surface area contributed by atoms with Gasteiger partial charge in [0.05, 0.1) is 0 Å². The number of thioether (sulfide) groups is 1. The fraction of sp³-hybridized carbons (Fsp3) is 0.474. The van der Waals surface area contributed by atoms with Gasteiger partial charge in [-0.1, -0.05) is 0 Å². The van der Waals surface area contributed by atoms with Crippen molar-refractivity contribution in [2.45, 2.75) is 31.0 Å². The second kappa shape index (κ2) is 7.99. The molecule has 0 aliphatic carbocycles. The third-order valence-corrected chi connectivity index (χ3v) is 5.20. The van der Waals surface area contributed by atoms with Crippen LogP contribution < -0.4 is 10.1 Å². The van der Waals surface area contributed by atoms with E-state index in [1.165, 1.54) is 4.90 Å². The highest BCUT2D eigenvalue weighted by molar-refractivity contribution is 7.98. The highest BCUT2D eigenvalue weighted by Crippen LogP contribution is 2.21. The monoisotopic (exact) mass is 344 g/mol. The Bertz CT molecular complexity index is 589. The Balaban J connectivity index is 1.54. The Morgan fingerprint density at radius 3 is 2.50 bits per heavy atom. The minimum absolute atomic E-state index is 0.149. The van der Waals surface area contributed by atoms with Crippen molar-refractivity contribution in [3.8, 4) is 5.75 Å². The molecule has 2 aliphatic rings. The average Bonchev–Trinajstić information content (AvgIpc) is 2.63. The van der Waals surface area contributed by atoms with Crippen molar-refractivity contribution in [1.29, 1.82) is 0 Å². The standard InChI is InChI=1S/C19H26N3OS/c1-15(2)21-11-13-22(14-12-21)18-5-4-6-19(20-18)23-16-7-9-17(24-3)10-8-16/h4,6-10,15,19-20H,11-14H2,1-3H3. The first-order valence-corrected chi connectivity index (χ1v) is 9.74. The van der Waals surface area contributed by atoms with E-state index in [0.29, 0.717) is 6.04 Å². The molecule has 1 aromatic rings. The molecule has 24 heavy (non-hydrogen) atoms. The van der Waals surface area contributed by atoms with Gasteiger partial charge in [-0.15, -0.1) is 11.8 Å². The zero-order valence-corrected chi connectivity index (χ0v) is 15.5. The average molecular weight is 345 g/mol. The molecule has 3 rings (SSSR count). The summed E-state index contributed by atoms with van der Waals surface area (Å²) in [5.74, 6) is 1.91. The van der Waals surface area contributed by atoms with Gasteiger partial charge in [0, 0.05) is 43.2 Å². The second-order valence-electron chi connectivity index (χ2n) is 6.33. The summed E-state index contributed by atoms with van der Waals surface area (Å²) in [5.41, 5.74) is 0. The summed E-state index contributed by atoms with van der Waals surface area (Å²) in [5, 5.41) is 3.44. The van der Waals surface area contributed by atoms with Crippen molar-refractivity contribution in [1.82, 2.24) is 15.1 Å². The number of nitrogens with one attached hydrogen (secondary N) is 1. The highest BCUT2D eigenvalue weighted by Gasteiger charge is 2.22. The number of rotatable bonds is 5. The number of hydrogen-bond acceptors (Lipinski definition) is 5. The lowest BCUT2D eigenvalue weighted by Crippen LogP contribution is -2.51. The molecule has 2 heterocycles. The van der Waals surface area contributed by atoms with Crippen LogP contribution in [0.25, 0.3) is 0 Å². The van der Waals surface area contributed by atoms with Crippen molar-refractivity contribution in [3.63, 3.8) is 0 Å². The number of piperazine rings is 1. The van der Waals surface area contributed by atoms with Crippen LogP contribution in [0.3, 0.4) is 0 Å². The molecule has 0 aromatic heterocycles. The Morgan fingerprint density at radius 1 is 1.17 bits per heavy atom. The minimum Gasteiger partial charge on any atom is -0.467 e. The Kier molecular flexibility index (Phi) is 5.74. The second-order valence-corrected chi connectivity index (χ2v) is 7.21. The SMILES string of the molecule is CSc1ccc(OC2C=C[C]=C(N3CCN(C(C)C)CC3)N2)cc1. The molecule has 0 spiro atoms. The van der Waals surface area contributed by atoms with E-state index in [0.717, 1.165) is 37.7 Å². The first-order chi connectivity index (χ1) is 11.7. The van der Waals surface area contributed by atoms with Crippen molar-refractivity contribution < 1.29 is 4.74 Å². The Labute approximate surface area is 149 Å². The number of allylic oxidation sites excluding steroid dienone is 2. The van der Waals surface area contributed by atoms with Crippen LogP contribution in [0.2, 0.25) is 0 Å². The minimum atomic E-state index is -0.149. The third-order valence-electron chi connectivity index (χ3n) is 4.45. The van der Waals surface area contributed by atoms with Crippen molar-refractivity contribution >= 4 is 11.8 Å². The van der Waals surface area contributed by atoms with Gasteiger partial charge in [-0.05, 0) is 56.5 Å². The van der Waals surface area contributed by atoms with Gasteiger partial charge in [0.1, 0.15) is 11.6 Å². The lowest BCUT2D eigenvalue weighted by Gasteiger charge is -2.40.